The molecule has 20 nitrogen and oxygen atoms in total. The Kier molecular flexibility index (Phi) is 17.1. The lowest BCUT2D eigenvalue weighted by Crippen LogP contribution is -2.49. The number of rotatable bonds is 19. The van der Waals surface area contributed by atoms with Crippen LogP contribution in [0.3, 0.4) is 0 Å². The second kappa shape index (κ2) is 22.6. The first-order valence-electron chi connectivity index (χ1n) is 20.7. The highest BCUT2D eigenvalue weighted by Gasteiger charge is 2.48. The SMILES string of the molecule is COC(=O)CN(C)C(=O)CN(C)C(=O)CN(C)C(=O)CN(C)C(=O)C1O[C@@H](NC(=O)CC[C@H](NC(=O)OCC2c3ccccc3-c3ccccc32)C(=O)OCc2ccccc2)[C@H](O)[C@@H]1O. The van der Waals surface area contributed by atoms with Crippen LogP contribution >= 0.6 is 0 Å². The van der Waals surface area contributed by atoms with Crippen molar-refractivity contribution in [3.05, 3.63) is 95.6 Å². The molecule has 0 spiro atoms. The third kappa shape index (κ3) is 12.9. The van der Waals surface area contributed by atoms with Gasteiger partial charge in [-0.15, -0.1) is 0 Å². The number of ether oxygens (including phenoxy) is 4. The summed E-state index contributed by atoms with van der Waals surface area (Å²) in [6.07, 6.45) is -8.53. The maximum absolute atomic E-state index is 13.3. The molecular weight excluding hydrogens is 849 g/mol. The van der Waals surface area contributed by atoms with E-state index < -0.39 is 97.7 Å². The van der Waals surface area contributed by atoms with Crippen LogP contribution in [0.25, 0.3) is 11.1 Å². The molecule has 5 atom stereocenters. The number of aliphatic hydroxyl groups is 2. The monoisotopic (exact) mass is 902 g/mol. The van der Waals surface area contributed by atoms with Crippen molar-refractivity contribution in [1.29, 1.82) is 0 Å². The molecular formula is C45H54N6O14. The lowest BCUT2D eigenvalue weighted by Gasteiger charge is -2.26. The Balaban J connectivity index is 1.12. The predicted molar refractivity (Wildman–Crippen MR) is 229 cm³/mol. The number of hydrogen-bond donors (Lipinski definition) is 4. The van der Waals surface area contributed by atoms with Gasteiger partial charge in [0.2, 0.25) is 23.6 Å². The Morgan fingerprint density at radius 2 is 1.20 bits per heavy atom. The Hall–Kier alpha value is -6.90. The molecule has 1 aliphatic carbocycles. The number of likely N-dealkylation sites (N-methyl/N-ethyl adjacent to an activating group) is 4. The van der Waals surface area contributed by atoms with E-state index in [1.807, 2.05) is 48.5 Å². The molecule has 0 saturated carbocycles. The number of benzene rings is 3. The van der Waals surface area contributed by atoms with Crippen LogP contribution in [0.4, 0.5) is 4.79 Å². The minimum atomic E-state index is -1.83. The van der Waals surface area contributed by atoms with Crippen LogP contribution in [0, 0.1) is 0 Å². The van der Waals surface area contributed by atoms with E-state index in [-0.39, 0.29) is 38.6 Å². The van der Waals surface area contributed by atoms with Crippen molar-refractivity contribution in [3.63, 3.8) is 0 Å². The summed E-state index contributed by atoms with van der Waals surface area (Å²) in [6, 6.07) is 23.0. The van der Waals surface area contributed by atoms with E-state index in [1.165, 1.54) is 35.3 Å². The summed E-state index contributed by atoms with van der Waals surface area (Å²) in [5.74, 6) is -5.31. The number of alkyl carbamates (subject to hydrolysis) is 1. The van der Waals surface area contributed by atoms with Gasteiger partial charge in [0, 0.05) is 40.5 Å². The summed E-state index contributed by atoms with van der Waals surface area (Å²) in [7, 11) is 6.40. The predicted octanol–water partition coefficient (Wildman–Crippen LogP) is -0.0132. The number of fused-ring (bicyclic) bond motifs is 3. The summed E-state index contributed by atoms with van der Waals surface area (Å²) in [5, 5.41) is 26.4. The molecule has 0 aromatic heterocycles. The standard InChI is InChI=1S/C45H54N6O14/c1-48(22-36(54)50(3)24-38(56)62-5)35(53)21-49(2)37(55)23-51(4)43(59)41-39(57)40(58)42(65-41)47-34(52)20-19-33(44(60)63-25-27-13-7-6-8-14-27)46-45(61)64-26-32-30-17-11-9-15-28(30)29-16-10-12-18-31(29)32/h6-18,32-33,39-42,57-58H,19-26H2,1-5H3,(H,46,61)(H,47,52)/t33-,39-,40+,41?,42+/m0/s1. The Bertz CT molecular complexity index is 2180. The molecule has 0 radical (unpaired) electrons. The van der Waals surface area contributed by atoms with E-state index in [1.54, 1.807) is 30.3 Å². The van der Waals surface area contributed by atoms with E-state index in [4.69, 9.17) is 14.2 Å². The molecule has 2 aliphatic rings. The number of aliphatic hydroxyl groups excluding tert-OH is 2. The van der Waals surface area contributed by atoms with Crippen LogP contribution in [0.15, 0.2) is 78.9 Å². The zero-order chi connectivity index (χ0) is 47.4. The van der Waals surface area contributed by atoms with Crippen molar-refractivity contribution in [2.45, 2.75) is 55.9 Å². The summed E-state index contributed by atoms with van der Waals surface area (Å²) < 4.78 is 21.2. The highest BCUT2D eigenvalue weighted by molar-refractivity contribution is 5.91. The van der Waals surface area contributed by atoms with Gasteiger partial charge in [0.15, 0.2) is 12.3 Å². The van der Waals surface area contributed by atoms with Gasteiger partial charge >= 0.3 is 18.0 Å². The second-order valence-corrected chi connectivity index (χ2v) is 15.7. The summed E-state index contributed by atoms with van der Waals surface area (Å²) >= 11 is 0. The molecule has 65 heavy (non-hydrogen) atoms. The summed E-state index contributed by atoms with van der Waals surface area (Å²) in [4.78, 5) is 107. The number of nitrogens with one attached hydrogen (secondary N) is 2. The average molecular weight is 903 g/mol. The van der Waals surface area contributed by atoms with Gasteiger partial charge in [-0.3, -0.25) is 28.8 Å². The number of esters is 2. The lowest BCUT2D eigenvalue weighted by molar-refractivity contribution is -0.151. The molecule has 20 heteroatoms. The minimum Gasteiger partial charge on any atom is -0.468 e. The molecule has 348 valence electrons. The fourth-order valence-corrected chi connectivity index (χ4v) is 7.16. The normalized spacial score (nSPS) is 17.6. The van der Waals surface area contributed by atoms with E-state index in [0.717, 1.165) is 41.9 Å². The Labute approximate surface area is 375 Å². The Morgan fingerprint density at radius 3 is 1.77 bits per heavy atom. The number of amides is 6. The maximum Gasteiger partial charge on any atom is 0.407 e. The maximum atomic E-state index is 13.3. The second-order valence-electron chi connectivity index (χ2n) is 15.7. The van der Waals surface area contributed by atoms with Crippen LogP contribution in [0.2, 0.25) is 0 Å². The van der Waals surface area contributed by atoms with Gasteiger partial charge in [-0.2, -0.15) is 0 Å². The number of hydrogen-bond acceptors (Lipinski definition) is 14. The van der Waals surface area contributed by atoms with Gasteiger partial charge in [-0.1, -0.05) is 78.9 Å². The number of carbonyl (C=O) groups excluding carboxylic acids is 8. The van der Waals surface area contributed by atoms with Gasteiger partial charge in [-0.25, -0.2) is 9.59 Å². The Morgan fingerprint density at radius 1 is 0.677 bits per heavy atom. The first-order valence-corrected chi connectivity index (χ1v) is 20.7. The first-order chi connectivity index (χ1) is 31.0. The highest BCUT2D eigenvalue weighted by atomic mass is 16.6. The molecule has 1 unspecified atom stereocenters. The van der Waals surface area contributed by atoms with Crippen LogP contribution in [0.1, 0.15) is 35.4 Å². The molecule has 6 amide bonds. The van der Waals surface area contributed by atoms with Gasteiger partial charge in [-0.05, 0) is 34.2 Å². The topological polar surface area (TPSA) is 251 Å². The number of methoxy groups -OCH3 is 1. The molecule has 1 aliphatic heterocycles. The van der Waals surface area contributed by atoms with E-state index >= 15 is 0 Å². The fraction of sp³-hybridized carbons (Fsp3) is 0.422. The van der Waals surface area contributed by atoms with Crippen molar-refractivity contribution in [3.8, 4) is 11.1 Å². The largest absolute Gasteiger partial charge is 0.468 e. The molecule has 1 fully saturated rings. The highest BCUT2D eigenvalue weighted by Crippen LogP contribution is 2.44. The minimum absolute atomic E-state index is 0.0359. The quantitative estimate of drug-likeness (QED) is 0.0913. The zero-order valence-electron chi connectivity index (χ0n) is 36.7. The van der Waals surface area contributed by atoms with Crippen molar-refractivity contribution < 1.29 is 67.5 Å². The number of nitrogens with zero attached hydrogens (tertiary/aromatic N) is 4. The van der Waals surface area contributed by atoms with Gasteiger partial charge < -0.3 is 59.4 Å². The number of carbonyl (C=O) groups is 8. The summed E-state index contributed by atoms with van der Waals surface area (Å²) in [6.45, 7) is -1.90. The van der Waals surface area contributed by atoms with Crippen LogP contribution in [0.5, 0.6) is 0 Å². The van der Waals surface area contributed by atoms with Gasteiger partial charge in [0.05, 0.1) is 26.7 Å². The third-order valence-corrected chi connectivity index (χ3v) is 11.0. The lowest BCUT2D eigenvalue weighted by atomic mass is 9.98. The van der Waals surface area contributed by atoms with Gasteiger partial charge in [0.1, 0.15) is 38.0 Å². The average Bonchev–Trinajstić information content (AvgIpc) is 3.77. The van der Waals surface area contributed by atoms with Crippen molar-refractivity contribution >= 4 is 47.6 Å². The van der Waals surface area contributed by atoms with E-state index in [0.29, 0.717) is 5.56 Å². The van der Waals surface area contributed by atoms with Crippen molar-refractivity contribution in [2.75, 3.05) is 68.1 Å². The molecule has 4 N–H and O–H groups in total. The van der Waals surface area contributed by atoms with Crippen LogP contribution < -0.4 is 10.6 Å². The van der Waals surface area contributed by atoms with Gasteiger partial charge in [0.25, 0.3) is 5.91 Å². The van der Waals surface area contributed by atoms with Crippen molar-refractivity contribution in [1.82, 2.24) is 30.2 Å². The molecule has 0 bridgehead atoms. The molecule has 5 rings (SSSR count). The fourth-order valence-electron chi connectivity index (χ4n) is 7.16. The van der Waals surface area contributed by atoms with Crippen LogP contribution in [-0.2, 0) is 59.1 Å². The van der Waals surface area contributed by atoms with E-state index in [2.05, 4.69) is 15.4 Å². The molecule has 1 saturated heterocycles. The molecule has 3 aromatic carbocycles. The first kappa shape index (κ1) is 49.1. The van der Waals surface area contributed by atoms with E-state index in [9.17, 15) is 48.6 Å². The third-order valence-electron chi connectivity index (χ3n) is 11.0. The van der Waals surface area contributed by atoms with Crippen LogP contribution in [-0.4, -0.2) is 176 Å². The molecule has 3 aromatic rings. The smallest absolute Gasteiger partial charge is 0.407 e. The zero-order valence-corrected chi connectivity index (χ0v) is 36.7. The molecule has 1 heterocycles. The summed E-state index contributed by atoms with van der Waals surface area (Å²) in [5.41, 5.74) is 4.71. The van der Waals surface area contributed by atoms with Crippen molar-refractivity contribution in [2.24, 2.45) is 0 Å².